The molecule has 7 heteroatoms. The molecule has 0 saturated carbocycles. The third-order valence-electron chi connectivity index (χ3n) is 8.79. The fourth-order valence-electron chi connectivity index (χ4n) is 7.08. The number of hydrogen-bond acceptors (Lipinski definition) is 6. The molecule has 0 spiro atoms. The van der Waals surface area contributed by atoms with Crippen molar-refractivity contribution in [3.8, 4) is 5.75 Å². The van der Waals surface area contributed by atoms with Crippen molar-refractivity contribution in [1.29, 1.82) is 0 Å². The van der Waals surface area contributed by atoms with Gasteiger partial charge in [0.25, 0.3) is 0 Å². The van der Waals surface area contributed by atoms with Crippen LogP contribution in [0.15, 0.2) is 88.4 Å². The molecule has 1 fully saturated rings. The second-order valence-electron chi connectivity index (χ2n) is 10.8. The van der Waals surface area contributed by atoms with Crippen molar-refractivity contribution in [2.45, 2.75) is 32.2 Å². The van der Waals surface area contributed by atoms with Crippen molar-refractivity contribution in [3.63, 3.8) is 0 Å². The molecule has 2 aromatic carbocycles. The Balaban J connectivity index is 1.40. The number of fused-ring (bicyclic) bond motifs is 4. The summed E-state index contributed by atoms with van der Waals surface area (Å²) in [6.07, 6.45) is 4.12. The summed E-state index contributed by atoms with van der Waals surface area (Å²) in [6, 6.07) is 14.7. The maximum Gasteiger partial charge on any atom is 0.234 e. The van der Waals surface area contributed by atoms with Crippen LogP contribution in [-0.2, 0) is 25.7 Å². The highest BCUT2D eigenvalue weighted by Crippen LogP contribution is 2.56. The lowest BCUT2D eigenvalue weighted by molar-refractivity contribution is -0.140. The highest BCUT2D eigenvalue weighted by Gasteiger charge is 2.56. The maximum absolute atomic E-state index is 13.9. The number of likely N-dealkylation sites (tertiary alicyclic amines) is 1. The van der Waals surface area contributed by atoms with Gasteiger partial charge in [0.15, 0.2) is 11.6 Å². The Morgan fingerprint density at radius 3 is 2.51 bits per heavy atom. The monoisotopic (exact) mass is 535 g/mol. The quantitative estimate of drug-likeness (QED) is 0.282. The molecule has 4 unspecified atom stereocenters. The Kier molecular flexibility index (Phi) is 5.36. The molecule has 2 amide bonds. The predicted molar refractivity (Wildman–Crippen MR) is 147 cm³/mol. The summed E-state index contributed by atoms with van der Waals surface area (Å²) in [5.41, 5.74) is 3.02. The van der Waals surface area contributed by atoms with Crippen molar-refractivity contribution < 1.29 is 24.3 Å². The molecule has 7 rings (SSSR count). The number of phenols is 1. The van der Waals surface area contributed by atoms with Crippen molar-refractivity contribution in [3.05, 3.63) is 98.8 Å². The fourth-order valence-corrected chi connectivity index (χ4v) is 7.77. The maximum atomic E-state index is 13.9. The Bertz CT molecular complexity index is 1710. The van der Waals surface area contributed by atoms with E-state index in [9.17, 15) is 24.3 Å². The van der Waals surface area contributed by atoms with Gasteiger partial charge in [-0.15, -0.1) is 11.3 Å². The molecule has 4 aliphatic rings. The van der Waals surface area contributed by atoms with Crippen molar-refractivity contribution in [2.24, 2.45) is 17.8 Å². The highest BCUT2D eigenvalue weighted by atomic mass is 32.1. The third kappa shape index (κ3) is 3.46. The summed E-state index contributed by atoms with van der Waals surface area (Å²) in [6.45, 7) is 1.90. The zero-order chi connectivity index (χ0) is 27.0. The van der Waals surface area contributed by atoms with Crippen LogP contribution in [0.25, 0.3) is 10.8 Å². The van der Waals surface area contributed by atoms with Gasteiger partial charge in [-0.2, -0.15) is 0 Å². The third-order valence-corrected chi connectivity index (χ3v) is 9.65. The lowest BCUT2D eigenvalue weighted by atomic mass is 9.59. The molecule has 1 N–H and O–H groups in total. The van der Waals surface area contributed by atoms with Crippen LogP contribution in [0.4, 0.5) is 0 Å². The van der Waals surface area contributed by atoms with E-state index in [0.717, 1.165) is 21.4 Å². The van der Waals surface area contributed by atoms with Crippen LogP contribution in [0.5, 0.6) is 5.75 Å². The average Bonchev–Trinajstić information content (AvgIpc) is 3.54. The average molecular weight is 536 g/mol. The Morgan fingerprint density at radius 2 is 1.74 bits per heavy atom. The summed E-state index contributed by atoms with van der Waals surface area (Å²) in [7, 11) is 0. The van der Waals surface area contributed by atoms with E-state index >= 15 is 0 Å². The molecule has 3 aliphatic carbocycles. The molecular weight excluding hydrogens is 510 g/mol. The SMILES string of the molecule is CC1=CC(=O)C2=C(CC3C(=CCC4C(=O)N(Cc5cccs5)C(=O)C43)C2c2ccc(O)c3ccccc23)C1=O. The molecule has 1 aliphatic heterocycles. The number of hydrogen-bond donors (Lipinski definition) is 1. The van der Waals surface area contributed by atoms with Gasteiger partial charge in [0, 0.05) is 32.9 Å². The minimum Gasteiger partial charge on any atom is -0.507 e. The number of Topliss-reactive ketones (excluding diaryl/α,β-unsaturated/α-hetero) is 1. The second kappa shape index (κ2) is 8.71. The van der Waals surface area contributed by atoms with E-state index < -0.39 is 17.8 Å². The largest absolute Gasteiger partial charge is 0.507 e. The van der Waals surface area contributed by atoms with Gasteiger partial charge >= 0.3 is 0 Å². The van der Waals surface area contributed by atoms with Crippen LogP contribution in [0.3, 0.4) is 0 Å². The van der Waals surface area contributed by atoms with Crippen LogP contribution in [0.1, 0.15) is 36.1 Å². The standard InChI is InChI=1S/C32H25NO5S/c1-16-13-26(35)29-24(30(16)36)14-23-21(27(29)20-10-11-25(34)19-7-3-2-6-18(19)20)8-9-22-28(23)32(38)33(31(22)37)15-17-5-4-12-39-17/h2-8,10-13,22-23,27-28,34H,9,14-15H2,1H3. The molecular formula is C32H25NO5S. The topological polar surface area (TPSA) is 91.8 Å². The van der Waals surface area contributed by atoms with Gasteiger partial charge in [-0.25, -0.2) is 0 Å². The molecule has 0 bridgehead atoms. The van der Waals surface area contributed by atoms with E-state index in [2.05, 4.69) is 0 Å². The van der Waals surface area contributed by atoms with Gasteiger partial charge < -0.3 is 5.11 Å². The van der Waals surface area contributed by atoms with Crippen LogP contribution in [0.2, 0.25) is 0 Å². The number of amides is 2. The number of imide groups is 1. The van der Waals surface area contributed by atoms with E-state index in [1.54, 1.807) is 13.0 Å². The molecule has 1 saturated heterocycles. The number of carbonyl (C=O) groups excluding carboxylic acids is 4. The molecule has 4 atom stereocenters. The second-order valence-corrected chi connectivity index (χ2v) is 11.8. The normalized spacial score (nSPS) is 26.4. The van der Waals surface area contributed by atoms with Crippen LogP contribution >= 0.6 is 11.3 Å². The molecule has 0 radical (unpaired) electrons. The lowest BCUT2D eigenvalue weighted by Gasteiger charge is -2.42. The first-order valence-corrected chi connectivity index (χ1v) is 14.0. The van der Waals surface area contributed by atoms with Gasteiger partial charge in [-0.3, -0.25) is 24.1 Å². The van der Waals surface area contributed by atoms with Gasteiger partial charge in [-0.1, -0.05) is 48.0 Å². The summed E-state index contributed by atoms with van der Waals surface area (Å²) in [4.78, 5) is 56.7. The van der Waals surface area contributed by atoms with Crippen LogP contribution in [0, 0.1) is 17.8 Å². The first-order chi connectivity index (χ1) is 18.8. The zero-order valence-electron chi connectivity index (χ0n) is 21.2. The molecule has 194 valence electrons. The molecule has 39 heavy (non-hydrogen) atoms. The van der Waals surface area contributed by atoms with Crippen molar-refractivity contribution >= 4 is 45.5 Å². The number of allylic oxidation sites excluding steroid dienone is 6. The minimum absolute atomic E-state index is 0.135. The van der Waals surface area contributed by atoms with Crippen LogP contribution in [-0.4, -0.2) is 33.4 Å². The van der Waals surface area contributed by atoms with Gasteiger partial charge in [-0.05, 0) is 60.2 Å². The Morgan fingerprint density at radius 1 is 0.949 bits per heavy atom. The number of rotatable bonds is 3. The van der Waals surface area contributed by atoms with E-state index in [1.807, 2.05) is 53.9 Å². The van der Waals surface area contributed by atoms with Crippen molar-refractivity contribution in [1.82, 2.24) is 4.90 Å². The summed E-state index contributed by atoms with van der Waals surface area (Å²) < 4.78 is 0. The predicted octanol–water partition coefficient (Wildman–Crippen LogP) is 5.24. The number of aromatic hydroxyl groups is 1. The molecule has 6 nitrogen and oxygen atoms in total. The number of carbonyl (C=O) groups is 4. The number of phenolic OH excluding ortho intramolecular Hbond substituents is 1. The van der Waals surface area contributed by atoms with E-state index in [-0.39, 0.29) is 48.0 Å². The minimum atomic E-state index is -0.577. The highest BCUT2D eigenvalue weighted by molar-refractivity contribution is 7.09. The van der Waals surface area contributed by atoms with E-state index in [1.165, 1.54) is 22.3 Å². The first-order valence-electron chi connectivity index (χ1n) is 13.1. The fraction of sp³-hybridized carbons (Fsp3) is 0.250. The van der Waals surface area contributed by atoms with Crippen molar-refractivity contribution in [2.75, 3.05) is 0 Å². The van der Waals surface area contributed by atoms with Gasteiger partial charge in [0.05, 0.1) is 18.4 Å². The Labute approximate surface area is 228 Å². The number of thiophene rings is 1. The van der Waals surface area contributed by atoms with Crippen LogP contribution < -0.4 is 0 Å². The van der Waals surface area contributed by atoms with Gasteiger partial charge in [0.2, 0.25) is 11.8 Å². The Hall–Kier alpha value is -4.10. The lowest BCUT2D eigenvalue weighted by Crippen LogP contribution is -2.39. The number of ketones is 2. The first kappa shape index (κ1) is 24.0. The zero-order valence-corrected chi connectivity index (χ0v) is 22.0. The van der Waals surface area contributed by atoms with E-state index in [0.29, 0.717) is 28.5 Å². The smallest absolute Gasteiger partial charge is 0.234 e. The number of nitrogens with zero attached hydrogens (tertiary/aromatic N) is 1. The van der Waals surface area contributed by atoms with Gasteiger partial charge in [0.1, 0.15) is 5.75 Å². The molecule has 1 aromatic heterocycles. The molecule has 2 heterocycles. The summed E-state index contributed by atoms with van der Waals surface area (Å²) >= 11 is 1.51. The summed E-state index contributed by atoms with van der Waals surface area (Å²) in [5, 5.41) is 13.9. The number of benzene rings is 2. The molecule has 3 aromatic rings. The van der Waals surface area contributed by atoms with E-state index in [4.69, 9.17) is 0 Å². The summed E-state index contributed by atoms with van der Waals surface area (Å²) in [5.74, 6) is -2.56.